The number of carboxylic acid groups (broad SMARTS) is 1. The van der Waals surface area contributed by atoms with Gasteiger partial charge in [0.15, 0.2) is 11.5 Å². The lowest BCUT2D eigenvalue weighted by molar-refractivity contribution is -0.145. The third-order valence-corrected chi connectivity index (χ3v) is 4.60. The second-order valence-electron chi connectivity index (χ2n) is 6.36. The van der Waals surface area contributed by atoms with Crippen LogP contribution in [0, 0.1) is 11.8 Å². The Kier molecular flexibility index (Phi) is 5.54. The molecule has 0 spiro atoms. The molecular formula is C18H20O8. The summed E-state index contributed by atoms with van der Waals surface area (Å²) < 4.78 is 10.2. The van der Waals surface area contributed by atoms with Gasteiger partial charge < -0.3 is 29.6 Å². The number of hydrogen-bond donors (Lipinski definition) is 3. The molecule has 8 nitrogen and oxygen atoms in total. The van der Waals surface area contributed by atoms with E-state index in [1.807, 2.05) is 0 Å². The van der Waals surface area contributed by atoms with Crippen molar-refractivity contribution in [2.75, 3.05) is 7.11 Å². The molecule has 1 aliphatic rings. The average Bonchev–Trinajstić information content (AvgIpc) is 2.58. The lowest BCUT2D eigenvalue weighted by atomic mass is 9.71. The number of aliphatic carboxylic acids is 1. The second-order valence-corrected chi connectivity index (χ2v) is 6.36. The lowest BCUT2D eigenvalue weighted by Crippen LogP contribution is -2.48. The fourth-order valence-corrected chi connectivity index (χ4v) is 3.17. The fourth-order valence-electron chi connectivity index (χ4n) is 3.17. The standard InChI is InChI=1S/C18H20O8/c1-18(7-10-3-4-14(20)15(21)5-10)13(8-19)11(6-16(22)25-2)12(9-26-18)17(23)24/h3-5,8-9,11,13,20-21H,6-7H2,1-2H3,(H,23,24)/t11-,13+,18+/m1/s1. The summed E-state index contributed by atoms with van der Waals surface area (Å²) in [5.74, 6) is -4.38. The van der Waals surface area contributed by atoms with Crippen LogP contribution in [-0.4, -0.2) is 46.3 Å². The highest BCUT2D eigenvalue weighted by atomic mass is 16.5. The fraction of sp³-hybridized carbons (Fsp3) is 0.389. The van der Waals surface area contributed by atoms with Crippen LogP contribution in [0.4, 0.5) is 0 Å². The molecule has 0 aliphatic carbocycles. The topological polar surface area (TPSA) is 130 Å². The van der Waals surface area contributed by atoms with Crippen LogP contribution in [0.5, 0.6) is 11.5 Å². The molecule has 8 heteroatoms. The Morgan fingerprint density at radius 1 is 1.31 bits per heavy atom. The first-order valence-electron chi connectivity index (χ1n) is 7.86. The highest BCUT2D eigenvalue weighted by Gasteiger charge is 2.47. The zero-order valence-corrected chi connectivity index (χ0v) is 14.3. The Morgan fingerprint density at radius 3 is 2.54 bits per heavy atom. The Hall–Kier alpha value is -3.03. The molecule has 26 heavy (non-hydrogen) atoms. The van der Waals surface area contributed by atoms with Gasteiger partial charge in [0.25, 0.3) is 0 Å². The van der Waals surface area contributed by atoms with Crippen molar-refractivity contribution >= 4 is 18.2 Å². The summed E-state index contributed by atoms with van der Waals surface area (Å²) in [4.78, 5) is 35.0. The molecule has 140 valence electrons. The quantitative estimate of drug-likeness (QED) is 0.392. The number of aromatic hydroxyl groups is 2. The van der Waals surface area contributed by atoms with E-state index in [2.05, 4.69) is 4.74 Å². The number of benzene rings is 1. The van der Waals surface area contributed by atoms with Crippen LogP contribution in [0.25, 0.3) is 0 Å². The van der Waals surface area contributed by atoms with E-state index in [0.717, 1.165) is 6.26 Å². The van der Waals surface area contributed by atoms with Crippen molar-refractivity contribution in [1.29, 1.82) is 0 Å². The third kappa shape index (κ3) is 3.79. The molecule has 1 aromatic carbocycles. The van der Waals surface area contributed by atoms with Gasteiger partial charge in [-0.25, -0.2) is 4.79 Å². The smallest absolute Gasteiger partial charge is 0.335 e. The summed E-state index contributed by atoms with van der Waals surface area (Å²) in [7, 11) is 1.18. The predicted molar refractivity (Wildman–Crippen MR) is 88.4 cm³/mol. The zero-order chi connectivity index (χ0) is 19.5. The summed E-state index contributed by atoms with van der Waals surface area (Å²) >= 11 is 0. The maximum absolute atomic E-state index is 11.8. The summed E-state index contributed by atoms with van der Waals surface area (Å²) in [5.41, 5.74) is -0.764. The minimum Gasteiger partial charge on any atom is -0.504 e. The van der Waals surface area contributed by atoms with Gasteiger partial charge >= 0.3 is 11.9 Å². The van der Waals surface area contributed by atoms with Gasteiger partial charge in [0, 0.05) is 12.3 Å². The number of carboxylic acids is 1. The Morgan fingerprint density at radius 2 is 2.00 bits per heavy atom. The van der Waals surface area contributed by atoms with E-state index in [1.165, 1.54) is 19.2 Å². The second kappa shape index (κ2) is 7.47. The van der Waals surface area contributed by atoms with Gasteiger partial charge in [0.2, 0.25) is 0 Å². The molecule has 1 heterocycles. The van der Waals surface area contributed by atoms with Crippen LogP contribution >= 0.6 is 0 Å². The lowest BCUT2D eigenvalue weighted by Gasteiger charge is -2.42. The molecule has 3 N–H and O–H groups in total. The number of hydrogen-bond acceptors (Lipinski definition) is 7. The van der Waals surface area contributed by atoms with Crippen molar-refractivity contribution in [1.82, 2.24) is 0 Å². The monoisotopic (exact) mass is 364 g/mol. The van der Waals surface area contributed by atoms with E-state index in [1.54, 1.807) is 13.0 Å². The van der Waals surface area contributed by atoms with Gasteiger partial charge in [-0.2, -0.15) is 0 Å². The Bertz CT molecular complexity index is 754. The summed E-state index contributed by atoms with van der Waals surface area (Å²) in [6.07, 6.45) is 1.49. The van der Waals surface area contributed by atoms with E-state index in [4.69, 9.17) is 4.74 Å². The normalized spacial score (nSPS) is 24.9. The number of phenolic OH excluding ortho intramolecular Hbond substituents is 2. The molecule has 0 saturated heterocycles. The summed E-state index contributed by atoms with van der Waals surface area (Å²) in [6, 6.07) is 4.19. The Balaban J connectivity index is 2.40. The number of aldehydes is 1. The van der Waals surface area contributed by atoms with E-state index in [9.17, 15) is 29.7 Å². The van der Waals surface area contributed by atoms with Crippen molar-refractivity contribution in [3.63, 3.8) is 0 Å². The van der Waals surface area contributed by atoms with Crippen molar-refractivity contribution < 1.29 is 39.2 Å². The van der Waals surface area contributed by atoms with E-state index in [-0.39, 0.29) is 29.9 Å². The van der Waals surface area contributed by atoms with Crippen LogP contribution in [0.3, 0.4) is 0 Å². The molecule has 0 saturated carbocycles. The molecule has 0 bridgehead atoms. The molecule has 0 fully saturated rings. The van der Waals surface area contributed by atoms with Gasteiger partial charge in [0.1, 0.15) is 11.9 Å². The third-order valence-electron chi connectivity index (χ3n) is 4.60. The zero-order valence-electron chi connectivity index (χ0n) is 14.3. The molecule has 0 aromatic heterocycles. The van der Waals surface area contributed by atoms with Gasteiger partial charge in [-0.1, -0.05) is 6.07 Å². The highest BCUT2D eigenvalue weighted by molar-refractivity contribution is 5.89. The minimum absolute atomic E-state index is 0.144. The van der Waals surface area contributed by atoms with Gasteiger partial charge in [-0.15, -0.1) is 0 Å². The van der Waals surface area contributed by atoms with Crippen molar-refractivity contribution in [3.05, 3.63) is 35.6 Å². The van der Waals surface area contributed by atoms with Crippen molar-refractivity contribution in [2.45, 2.75) is 25.4 Å². The average molecular weight is 364 g/mol. The molecule has 0 unspecified atom stereocenters. The predicted octanol–water partition coefficient (Wildman–Crippen LogP) is 1.39. The van der Waals surface area contributed by atoms with Gasteiger partial charge in [-0.3, -0.25) is 4.79 Å². The first-order valence-corrected chi connectivity index (χ1v) is 7.86. The van der Waals surface area contributed by atoms with E-state index < -0.39 is 29.4 Å². The summed E-state index contributed by atoms with van der Waals surface area (Å²) in [6.45, 7) is 1.62. The maximum atomic E-state index is 11.8. The molecular weight excluding hydrogens is 344 g/mol. The first-order chi connectivity index (χ1) is 12.2. The van der Waals surface area contributed by atoms with Crippen LogP contribution in [0.2, 0.25) is 0 Å². The van der Waals surface area contributed by atoms with Gasteiger partial charge in [0.05, 0.1) is 31.3 Å². The molecule has 1 aliphatic heterocycles. The molecule has 3 atom stereocenters. The van der Waals surface area contributed by atoms with E-state index in [0.29, 0.717) is 11.8 Å². The Labute approximate surface area is 149 Å². The van der Waals surface area contributed by atoms with Gasteiger partial charge in [-0.05, 0) is 24.6 Å². The number of phenols is 2. The molecule has 1 aromatic rings. The number of methoxy groups -OCH3 is 1. The number of carbonyl (C=O) groups excluding carboxylic acids is 2. The SMILES string of the molecule is COC(=O)C[C@@H]1C(C(=O)O)=CO[C@@](C)(Cc2ccc(O)c(O)c2)[C@H]1C=O. The maximum Gasteiger partial charge on any atom is 0.335 e. The number of ether oxygens (including phenoxy) is 2. The number of carbonyl (C=O) groups is 3. The first kappa shape index (κ1) is 19.3. The van der Waals surface area contributed by atoms with Crippen LogP contribution in [0.1, 0.15) is 18.9 Å². The van der Waals surface area contributed by atoms with Crippen LogP contribution in [0.15, 0.2) is 30.0 Å². The molecule has 2 rings (SSSR count). The van der Waals surface area contributed by atoms with Crippen LogP contribution < -0.4 is 0 Å². The van der Waals surface area contributed by atoms with Crippen molar-refractivity contribution in [2.24, 2.45) is 11.8 Å². The summed E-state index contributed by atoms with van der Waals surface area (Å²) in [5, 5.41) is 28.4. The molecule has 0 amide bonds. The number of rotatable bonds is 6. The highest BCUT2D eigenvalue weighted by Crippen LogP contribution is 2.41. The van der Waals surface area contributed by atoms with Crippen LogP contribution in [-0.2, 0) is 30.3 Å². The molecule has 0 radical (unpaired) electrons. The van der Waals surface area contributed by atoms with Crippen molar-refractivity contribution in [3.8, 4) is 11.5 Å². The largest absolute Gasteiger partial charge is 0.504 e. The minimum atomic E-state index is -1.28. The number of esters is 1. The van der Waals surface area contributed by atoms with E-state index >= 15 is 0 Å².